The second-order valence-electron chi connectivity index (χ2n) is 7.47. The number of primary amides is 1. The van der Waals surface area contributed by atoms with Gasteiger partial charge in [0.05, 0.1) is 17.6 Å². The van der Waals surface area contributed by atoms with Crippen LogP contribution in [-0.4, -0.2) is 36.2 Å². The van der Waals surface area contributed by atoms with E-state index in [0.717, 1.165) is 23.3 Å². The Kier molecular flexibility index (Phi) is 5.15. The maximum absolute atomic E-state index is 13.8. The van der Waals surface area contributed by atoms with Crippen molar-refractivity contribution in [2.45, 2.75) is 20.0 Å². The van der Waals surface area contributed by atoms with Crippen molar-refractivity contribution in [3.05, 3.63) is 64.7 Å². The molecule has 170 valence electrons. The van der Waals surface area contributed by atoms with E-state index in [4.69, 9.17) is 5.73 Å². The lowest BCUT2D eigenvalue weighted by molar-refractivity contribution is -0.142. The molecule has 3 aromatic heterocycles. The standard InChI is InChI=1S/C21H18F3N7O2/c1-10-4-5-12(6-11(10)2)13-7-16(21(22,23)24)31-17(27-13)8-14(29-31)20(33)28-15-9-26-30(3)18(15)19(25)32/h4-9H,1-3H3,(H2,25,32)(H,28,33). The molecule has 0 spiro atoms. The summed E-state index contributed by atoms with van der Waals surface area (Å²) in [6, 6.07) is 7.24. The molecule has 0 aliphatic carbocycles. The number of nitrogens with two attached hydrogens (primary N) is 1. The van der Waals surface area contributed by atoms with E-state index in [-0.39, 0.29) is 28.4 Å². The molecular formula is C21H18F3N7O2. The van der Waals surface area contributed by atoms with Crippen LogP contribution >= 0.6 is 0 Å². The van der Waals surface area contributed by atoms with Crippen LogP contribution in [0.25, 0.3) is 16.9 Å². The summed E-state index contributed by atoms with van der Waals surface area (Å²) < 4.78 is 43.2. The lowest BCUT2D eigenvalue weighted by Crippen LogP contribution is -2.20. The van der Waals surface area contributed by atoms with Crippen molar-refractivity contribution in [3.63, 3.8) is 0 Å². The molecule has 4 aromatic rings. The predicted octanol–water partition coefficient (Wildman–Crippen LogP) is 3.12. The lowest BCUT2D eigenvalue weighted by atomic mass is 10.0. The van der Waals surface area contributed by atoms with Crippen molar-refractivity contribution in [1.82, 2.24) is 24.4 Å². The number of hydrogen-bond donors (Lipinski definition) is 2. The lowest BCUT2D eigenvalue weighted by Gasteiger charge is -2.11. The van der Waals surface area contributed by atoms with Crippen LogP contribution in [0.2, 0.25) is 0 Å². The monoisotopic (exact) mass is 457 g/mol. The average molecular weight is 457 g/mol. The second-order valence-corrected chi connectivity index (χ2v) is 7.47. The number of anilines is 1. The van der Waals surface area contributed by atoms with Crippen LogP contribution in [0.1, 0.15) is 37.8 Å². The first-order chi connectivity index (χ1) is 15.5. The van der Waals surface area contributed by atoms with Gasteiger partial charge in [0.1, 0.15) is 5.69 Å². The van der Waals surface area contributed by atoms with Gasteiger partial charge < -0.3 is 11.1 Å². The zero-order valence-corrected chi connectivity index (χ0v) is 17.7. The first kappa shape index (κ1) is 22.0. The molecule has 0 fully saturated rings. The molecule has 4 rings (SSSR count). The molecule has 0 saturated heterocycles. The summed E-state index contributed by atoms with van der Waals surface area (Å²) in [5.74, 6) is -1.68. The van der Waals surface area contributed by atoms with Gasteiger partial charge in [-0.15, -0.1) is 0 Å². The van der Waals surface area contributed by atoms with Gasteiger partial charge in [-0.1, -0.05) is 12.1 Å². The van der Waals surface area contributed by atoms with Gasteiger partial charge in [-0.2, -0.15) is 23.4 Å². The van der Waals surface area contributed by atoms with Gasteiger partial charge in [-0.3, -0.25) is 14.3 Å². The van der Waals surface area contributed by atoms with Crippen molar-refractivity contribution in [2.75, 3.05) is 5.32 Å². The Morgan fingerprint density at radius 2 is 1.82 bits per heavy atom. The fraction of sp³-hybridized carbons (Fsp3) is 0.190. The topological polar surface area (TPSA) is 120 Å². The molecule has 33 heavy (non-hydrogen) atoms. The number of aryl methyl sites for hydroxylation is 3. The van der Waals surface area contributed by atoms with E-state index in [9.17, 15) is 22.8 Å². The third kappa shape index (κ3) is 4.02. The van der Waals surface area contributed by atoms with E-state index in [1.807, 2.05) is 13.8 Å². The van der Waals surface area contributed by atoms with Crippen molar-refractivity contribution in [3.8, 4) is 11.3 Å². The Morgan fingerprint density at radius 1 is 1.09 bits per heavy atom. The van der Waals surface area contributed by atoms with E-state index in [2.05, 4.69) is 20.5 Å². The number of alkyl halides is 3. The zero-order valence-electron chi connectivity index (χ0n) is 17.7. The van der Waals surface area contributed by atoms with Crippen molar-refractivity contribution in [1.29, 1.82) is 0 Å². The molecule has 0 atom stereocenters. The van der Waals surface area contributed by atoms with Crippen LogP contribution in [0.15, 0.2) is 36.5 Å². The Balaban J connectivity index is 1.80. The first-order valence-electron chi connectivity index (χ1n) is 9.64. The van der Waals surface area contributed by atoms with Gasteiger partial charge in [-0.25, -0.2) is 9.50 Å². The minimum Gasteiger partial charge on any atom is -0.364 e. The smallest absolute Gasteiger partial charge is 0.364 e. The molecular weight excluding hydrogens is 439 g/mol. The largest absolute Gasteiger partial charge is 0.433 e. The second kappa shape index (κ2) is 7.73. The van der Waals surface area contributed by atoms with Gasteiger partial charge in [0.2, 0.25) is 0 Å². The minimum atomic E-state index is -4.75. The summed E-state index contributed by atoms with van der Waals surface area (Å²) >= 11 is 0. The molecule has 9 nitrogen and oxygen atoms in total. The number of halogens is 3. The third-order valence-electron chi connectivity index (χ3n) is 5.17. The molecule has 12 heteroatoms. The number of hydrogen-bond acceptors (Lipinski definition) is 5. The van der Waals surface area contributed by atoms with Gasteiger partial charge in [-0.05, 0) is 37.1 Å². The average Bonchev–Trinajstić information content (AvgIpc) is 3.31. The minimum absolute atomic E-state index is 0.00637. The number of amides is 2. The van der Waals surface area contributed by atoms with Gasteiger partial charge in [0.15, 0.2) is 17.0 Å². The van der Waals surface area contributed by atoms with E-state index in [1.165, 1.54) is 17.9 Å². The van der Waals surface area contributed by atoms with E-state index < -0.39 is 23.7 Å². The SMILES string of the molecule is Cc1ccc(-c2cc(C(F)(F)F)n3nc(C(=O)Nc4cnn(C)c4C(N)=O)cc3n2)cc1C. The summed E-state index contributed by atoms with van der Waals surface area (Å²) in [7, 11) is 1.45. The van der Waals surface area contributed by atoms with Crippen molar-refractivity contribution in [2.24, 2.45) is 12.8 Å². The first-order valence-corrected chi connectivity index (χ1v) is 9.64. The number of benzene rings is 1. The fourth-order valence-electron chi connectivity index (χ4n) is 3.34. The highest BCUT2D eigenvalue weighted by atomic mass is 19.4. The van der Waals surface area contributed by atoms with E-state index in [1.54, 1.807) is 18.2 Å². The summed E-state index contributed by atoms with van der Waals surface area (Å²) in [6.07, 6.45) is -3.55. The van der Waals surface area contributed by atoms with Gasteiger partial charge in [0, 0.05) is 18.7 Å². The quantitative estimate of drug-likeness (QED) is 0.488. The molecule has 0 aliphatic rings. The summed E-state index contributed by atoms with van der Waals surface area (Å²) in [4.78, 5) is 28.6. The van der Waals surface area contributed by atoms with E-state index in [0.29, 0.717) is 10.1 Å². The van der Waals surface area contributed by atoms with Gasteiger partial charge in [0.25, 0.3) is 11.8 Å². The highest BCUT2D eigenvalue weighted by molar-refractivity contribution is 6.07. The molecule has 0 unspecified atom stereocenters. The molecule has 1 aromatic carbocycles. The van der Waals surface area contributed by atoms with Crippen molar-refractivity contribution < 1.29 is 22.8 Å². The Bertz CT molecular complexity index is 1420. The molecule has 0 radical (unpaired) electrons. The molecule has 3 heterocycles. The van der Waals surface area contributed by atoms with Crippen LogP contribution in [0.3, 0.4) is 0 Å². The van der Waals surface area contributed by atoms with Crippen molar-refractivity contribution >= 4 is 23.1 Å². The predicted molar refractivity (Wildman–Crippen MR) is 113 cm³/mol. The third-order valence-corrected chi connectivity index (χ3v) is 5.17. The summed E-state index contributed by atoms with van der Waals surface area (Å²) in [5, 5.41) is 10.0. The molecule has 3 N–H and O–H groups in total. The number of fused-ring (bicyclic) bond motifs is 1. The molecule has 0 saturated carbocycles. The maximum Gasteiger partial charge on any atom is 0.433 e. The number of nitrogens with zero attached hydrogens (tertiary/aromatic N) is 5. The Hall–Kier alpha value is -4.22. The Labute approximate surface area is 185 Å². The van der Waals surface area contributed by atoms with E-state index >= 15 is 0 Å². The zero-order chi connectivity index (χ0) is 24.1. The van der Waals surface area contributed by atoms with Crippen LogP contribution < -0.4 is 11.1 Å². The maximum atomic E-state index is 13.8. The number of rotatable bonds is 4. The fourth-order valence-corrected chi connectivity index (χ4v) is 3.34. The van der Waals surface area contributed by atoms with Gasteiger partial charge >= 0.3 is 6.18 Å². The van der Waals surface area contributed by atoms with Crippen LogP contribution in [-0.2, 0) is 13.2 Å². The number of carbonyl (C=O) groups excluding carboxylic acids is 2. The number of aromatic nitrogens is 5. The normalized spacial score (nSPS) is 11.7. The molecule has 0 bridgehead atoms. The summed E-state index contributed by atoms with van der Waals surface area (Å²) in [5.41, 5.74) is 6.13. The van der Waals surface area contributed by atoms with Crippen LogP contribution in [0.5, 0.6) is 0 Å². The molecule has 2 amide bonds. The number of carbonyl (C=O) groups is 2. The summed E-state index contributed by atoms with van der Waals surface area (Å²) in [6.45, 7) is 3.74. The number of nitrogens with one attached hydrogen (secondary N) is 1. The Morgan fingerprint density at radius 3 is 2.45 bits per heavy atom. The molecule has 0 aliphatic heterocycles. The highest BCUT2D eigenvalue weighted by Crippen LogP contribution is 2.33. The van der Waals surface area contributed by atoms with Crippen LogP contribution in [0.4, 0.5) is 18.9 Å². The highest BCUT2D eigenvalue weighted by Gasteiger charge is 2.35. The van der Waals surface area contributed by atoms with Crippen LogP contribution in [0, 0.1) is 13.8 Å².